The molecule has 104 valence electrons. The third-order valence-electron chi connectivity index (χ3n) is 4.74. The van der Waals surface area contributed by atoms with Gasteiger partial charge in [-0.1, -0.05) is 0 Å². The van der Waals surface area contributed by atoms with Gasteiger partial charge in [0, 0.05) is 34.7 Å². The summed E-state index contributed by atoms with van der Waals surface area (Å²) in [5, 5.41) is 10.9. The van der Waals surface area contributed by atoms with E-state index < -0.39 is 0 Å². The summed E-state index contributed by atoms with van der Waals surface area (Å²) in [6.45, 7) is 0. The molecule has 2 N–H and O–H groups in total. The van der Waals surface area contributed by atoms with E-state index in [1.807, 2.05) is 35.4 Å². The zero-order valence-corrected chi connectivity index (χ0v) is 11.2. The van der Waals surface area contributed by atoms with E-state index in [9.17, 15) is 9.90 Å². The van der Waals surface area contributed by atoms with Gasteiger partial charge in [-0.3, -0.25) is 4.79 Å². The molecular formula is C16H18N2O2. The van der Waals surface area contributed by atoms with Gasteiger partial charge in [-0.05, 0) is 49.9 Å². The molecule has 4 rings (SSSR count). The van der Waals surface area contributed by atoms with Gasteiger partial charge in [0.1, 0.15) is 0 Å². The third-order valence-corrected chi connectivity index (χ3v) is 4.74. The van der Waals surface area contributed by atoms with E-state index >= 15 is 0 Å². The highest BCUT2D eigenvalue weighted by Crippen LogP contribution is 2.36. The third kappa shape index (κ3) is 1.75. The van der Waals surface area contributed by atoms with Gasteiger partial charge in [-0.15, -0.1) is 0 Å². The Bertz CT molecular complexity index is 649. The highest BCUT2D eigenvalue weighted by atomic mass is 16.3. The molecule has 2 fully saturated rings. The Morgan fingerprint density at radius 1 is 1.20 bits per heavy atom. The minimum atomic E-state index is -0.233. The highest BCUT2D eigenvalue weighted by Gasteiger charge is 2.42. The second kappa shape index (κ2) is 4.35. The maximum Gasteiger partial charge on any atom is 0.254 e. The van der Waals surface area contributed by atoms with Gasteiger partial charge < -0.3 is 15.0 Å². The fourth-order valence-electron chi connectivity index (χ4n) is 3.82. The van der Waals surface area contributed by atoms with Crippen LogP contribution >= 0.6 is 0 Å². The molecular weight excluding hydrogens is 252 g/mol. The Balaban J connectivity index is 1.66. The van der Waals surface area contributed by atoms with E-state index in [0.717, 1.165) is 42.1 Å². The zero-order valence-electron chi connectivity index (χ0n) is 11.2. The molecule has 2 aliphatic rings. The zero-order chi connectivity index (χ0) is 13.7. The number of carbonyl (C=O) groups excluding carboxylic acids is 1. The lowest BCUT2D eigenvalue weighted by Gasteiger charge is -2.37. The van der Waals surface area contributed by atoms with Gasteiger partial charge in [0.15, 0.2) is 0 Å². The van der Waals surface area contributed by atoms with Crippen LogP contribution in [0.3, 0.4) is 0 Å². The summed E-state index contributed by atoms with van der Waals surface area (Å²) in [4.78, 5) is 17.9. The largest absolute Gasteiger partial charge is 0.393 e. The van der Waals surface area contributed by atoms with Crippen LogP contribution in [-0.4, -0.2) is 39.1 Å². The fourth-order valence-corrected chi connectivity index (χ4v) is 3.82. The van der Waals surface area contributed by atoms with Crippen LogP contribution in [-0.2, 0) is 0 Å². The van der Waals surface area contributed by atoms with Crippen molar-refractivity contribution >= 4 is 16.8 Å². The van der Waals surface area contributed by atoms with E-state index in [-0.39, 0.29) is 24.1 Å². The van der Waals surface area contributed by atoms with Gasteiger partial charge in [-0.25, -0.2) is 0 Å². The number of aromatic amines is 1. The fraction of sp³-hybridized carbons (Fsp3) is 0.438. The normalized spacial score (nSPS) is 29.1. The van der Waals surface area contributed by atoms with Crippen LogP contribution in [0.25, 0.3) is 10.9 Å². The number of aliphatic hydroxyl groups is 1. The first-order chi connectivity index (χ1) is 9.72. The van der Waals surface area contributed by atoms with E-state index in [1.165, 1.54) is 0 Å². The molecule has 0 saturated carbocycles. The van der Waals surface area contributed by atoms with Crippen molar-refractivity contribution in [2.75, 3.05) is 0 Å². The number of piperidine rings is 1. The smallest absolute Gasteiger partial charge is 0.254 e. The molecule has 20 heavy (non-hydrogen) atoms. The lowest BCUT2D eigenvalue weighted by molar-refractivity contribution is 0.0287. The van der Waals surface area contributed by atoms with Gasteiger partial charge >= 0.3 is 0 Å². The average molecular weight is 270 g/mol. The van der Waals surface area contributed by atoms with Crippen LogP contribution in [0.5, 0.6) is 0 Å². The number of H-pyrrole nitrogens is 1. The van der Waals surface area contributed by atoms with E-state index in [0.29, 0.717) is 0 Å². The van der Waals surface area contributed by atoms with Crippen molar-refractivity contribution in [3.05, 3.63) is 36.0 Å². The monoisotopic (exact) mass is 270 g/mol. The van der Waals surface area contributed by atoms with Crippen LogP contribution in [0.1, 0.15) is 36.0 Å². The first-order valence-corrected chi connectivity index (χ1v) is 7.30. The summed E-state index contributed by atoms with van der Waals surface area (Å²) in [5.74, 6) is 0.118. The Morgan fingerprint density at radius 2 is 1.95 bits per heavy atom. The summed E-state index contributed by atoms with van der Waals surface area (Å²) < 4.78 is 0. The summed E-state index contributed by atoms with van der Waals surface area (Å²) in [6.07, 6.45) is 5.17. The van der Waals surface area contributed by atoms with Crippen molar-refractivity contribution in [3.8, 4) is 0 Å². The molecule has 2 aliphatic heterocycles. The SMILES string of the molecule is O=C(c1ccc2[nH]ccc2c1)N1C2CCC1CC(O)C2. The van der Waals surface area contributed by atoms with Crippen molar-refractivity contribution in [1.82, 2.24) is 9.88 Å². The maximum atomic E-state index is 12.8. The van der Waals surface area contributed by atoms with Gasteiger partial charge in [-0.2, -0.15) is 0 Å². The topological polar surface area (TPSA) is 56.3 Å². The minimum Gasteiger partial charge on any atom is -0.393 e. The number of amides is 1. The highest BCUT2D eigenvalue weighted by molar-refractivity contribution is 5.98. The maximum absolute atomic E-state index is 12.8. The van der Waals surface area contributed by atoms with Crippen molar-refractivity contribution in [1.29, 1.82) is 0 Å². The Morgan fingerprint density at radius 3 is 2.70 bits per heavy atom. The summed E-state index contributed by atoms with van der Waals surface area (Å²) in [7, 11) is 0. The average Bonchev–Trinajstić information content (AvgIpc) is 3.00. The van der Waals surface area contributed by atoms with Crippen LogP contribution in [0.2, 0.25) is 0 Å². The molecule has 2 unspecified atom stereocenters. The Kier molecular flexibility index (Phi) is 2.60. The standard InChI is InChI=1S/C16H18N2O2/c19-14-8-12-2-3-13(9-14)18(12)16(20)11-1-4-15-10(7-11)5-6-17-15/h1,4-7,12-14,17,19H,2-3,8-9H2. The van der Waals surface area contributed by atoms with E-state index in [1.54, 1.807) is 0 Å². The number of rotatable bonds is 1. The minimum absolute atomic E-state index is 0.118. The molecule has 0 spiro atoms. The molecule has 1 aromatic carbocycles. The molecule has 4 nitrogen and oxygen atoms in total. The number of fused-ring (bicyclic) bond motifs is 3. The van der Waals surface area contributed by atoms with Crippen LogP contribution in [0.15, 0.2) is 30.5 Å². The number of aliphatic hydroxyl groups excluding tert-OH is 1. The van der Waals surface area contributed by atoms with Gasteiger partial charge in [0.25, 0.3) is 5.91 Å². The number of benzene rings is 1. The van der Waals surface area contributed by atoms with Gasteiger partial charge in [0.2, 0.25) is 0 Å². The molecule has 1 aromatic heterocycles. The molecule has 2 bridgehead atoms. The molecule has 1 amide bonds. The molecule has 0 radical (unpaired) electrons. The molecule has 0 aliphatic carbocycles. The quantitative estimate of drug-likeness (QED) is 0.835. The summed E-state index contributed by atoms with van der Waals surface area (Å²) in [5.41, 5.74) is 1.81. The first-order valence-electron chi connectivity index (χ1n) is 7.30. The van der Waals surface area contributed by atoms with Crippen molar-refractivity contribution in [3.63, 3.8) is 0 Å². The predicted molar refractivity (Wildman–Crippen MR) is 76.5 cm³/mol. The molecule has 3 heterocycles. The number of aromatic nitrogens is 1. The van der Waals surface area contributed by atoms with Crippen LogP contribution in [0.4, 0.5) is 0 Å². The first kappa shape index (κ1) is 12.0. The van der Waals surface area contributed by atoms with Crippen LogP contribution in [0, 0.1) is 0 Å². The second-order valence-corrected chi connectivity index (χ2v) is 6.00. The predicted octanol–water partition coefficient (Wildman–Crippen LogP) is 2.30. The lowest BCUT2D eigenvalue weighted by atomic mass is 9.98. The molecule has 4 heteroatoms. The summed E-state index contributed by atoms with van der Waals surface area (Å²) >= 11 is 0. The number of carbonyl (C=O) groups is 1. The molecule has 2 atom stereocenters. The summed E-state index contributed by atoms with van der Waals surface area (Å²) in [6, 6.07) is 8.24. The second-order valence-electron chi connectivity index (χ2n) is 6.00. The van der Waals surface area contributed by atoms with Crippen molar-refractivity contribution < 1.29 is 9.90 Å². The van der Waals surface area contributed by atoms with Crippen LogP contribution < -0.4 is 0 Å². The lowest BCUT2D eigenvalue weighted by Crippen LogP contribution is -2.47. The number of hydrogen-bond donors (Lipinski definition) is 2. The Hall–Kier alpha value is -1.81. The van der Waals surface area contributed by atoms with Gasteiger partial charge in [0.05, 0.1) is 6.10 Å². The molecule has 2 aromatic rings. The number of nitrogens with zero attached hydrogens (tertiary/aromatic N) is 1. The van der Waals surface area contributed by atoms with Crippen molar-refractivity contribution in [2.45, 2.75) is 43.9 Å². The molecule has 2 saturated heterocycles. The van der Waals surface area contributed by atoms with Crippen molar-refractivity contribution in [2.24, 2.45) is 0 Å². The van der Waals surface area contributed by atoms with E-state index in [2.05, 4.69) is 4.98 Å². The number of nitrogens with one attached hydrogen (secondary N) is 1. The van der Waals surface area contributed by atoms with E-state index in [4.69, 9.17) is 0 Å². The number of hydrogen-bond acceptors (Lipinski definition) is 2. The Labute approximate surface area is 117 Å².